The molecular formula is C22H20FN5O2. The van der Waals surface area contributed by atoms with Gasteiger partial charge in [0.2, 0.25) is 5.88 Å². The van der Waals surface area contributed by atoms with Crippen molar-refractivity contribution >= 4 is 17.3 Å². The van der Waals surface area contributed by atoms with Gasteiger partial charge in [-0.2, -0.15) is 0 Å². The zero-order valence-corrected chi connectivity index (χ0v) is 16.4. The Bertz CT molecular complexity index is 1090. The van der Waals surface area contributed by atoms with E-state index < -0.39 is 0 Å². The predicted octanol–water partition coefficient (Wildman–Crippen LogP) is 3.03. The summed E-state index contributed by atoms with van der Waals surface area (Å²) in [6.07, 6.45) is 4.38. The van der Waals surface area contributed by atoms with E-state index in [9.17, 15) is 9.18 Å². The van der Waals surface area contributed by atoms with Crippen molar-refractivity contribution in [2.45, 2.75) is 19.9 Å². The van der Waals surface area contributed by atoms with Gasteiger partial charge in [0.15, 0.2) is 12.4 Å². The molecule has 0 aliphatic heterocycles. The summed E-state index contributed by atoms with van der Waals surface area (Å²) in [6.45, 7) is 2.12. The number of ether oxygens (including phenoxy) is 1. The SMILES string of the molecule is CC#CCOc1cnc(C(=O)Cc2ccc(F)c(CNc3cccnc3N)c2)cn1. The lowest BCUT2D eigenvalue weighted by molar-refractivity contribution is 0.0987. The van der Waals surface area contributed by atoms with Crippen molar-refractivity contribution in [3.63, 3.8) is 0 Å². The number of nitrogen functional groups attached to an aromatic ring is 1. The maximum absolute atomic E-state index is 14.2. The molecule has 0 fully saturated rings. The average Bonchev–Trinajstić information content (AvgIpc) is 2.75. The molecule has 3 aromatic rings. The Balaban J connectivity index is 1.64. The molecule has 0 unspecified atom stereocenters. The number of carbonyl (C=O) groups excluding carboxylic acids is 1. The first-order valence-corrected chi connectivity index (χ1v) is 9.16. The van der Waals surface area contributed by atoms with E-state index in [0.717, 1.165) is 0 Å². The highest BCUT2D eigenvalue weighted by Gasteiger charge is 2.12. The minimum atomic E-state index is -0.377. The summed E-state index contributed by atoms with van der Waals surface area (Å²) in [5, 5.41) is 3.05. The van der Waals surface area contributed by atoms with Gasteiger partial charge >= 0.3 is 0 Å². The molecule has 8 heteroatoms. The van der Waals surface area contributed by atoms with Crippen molar-refractivity contribution in [3.8, 4) is 17.7 Å². The fourth-order valence-electron chi connectivity index (χ4n) is 2.62. The third-order valence-electron chi connectivity index (χ3n) is 4.17. The maximum atomic E-state index is 14.2. The second kappa shape index (κ2) is 9.98. The Morgan fingerprint density at radius 1 is 1.23 bits per heavy atom. The number of nitrogens with one attached hydrogen (secondary N) is 1. The van der Waals surface area contributed by atoms with E-state index in [4.69, 9.17) is 10.5 Å². The van der Waals surface area contributed by atoms with Gasteiger partial charge in [-0.25, -0.2) is 19.3 Å². The summed E-state index contributed by atoms with van der Waals surface area (Å²) >= 11 is 0. The van der Waals surface area contributed by atoms with Gasteiger partial charge in [-0.05, 0) is 30.7 Å². The number of carbonyl (C=O) groups is 1. The van der Waals surface area contributed by atoms with Crippen molar-refractivity contribution < 1.29 is 13.9 Å². The van der Waals surface area contributed by atoms with Crippen LogP contribution in [0.5, 0.6) is 5.88 Å². The highest BCUT2D eigenvalue weighted by Crippen LogP contribution is 2.18. The number of nitrogens with two attached hydrogens (primary N) is 1. The molecule has 0 saturated carbocycles. The third-order valence-corrected chi connectivity index (χ3v) is 4.17. The zero-order chi connectivity index (χ0) is 21.3. The highest BCUT2D eigenvalue weighted by molar-refractivity contribution is 5.95. The Hall–Kier alpha value is -3.99. The number of hydrogen-bond acceptors (Lipinski definition) is 7. The van der Waals surface area contributed by atoms with Crippen LogP contribution in [0.1, 0.15) is 28.5 Å². The first-order valence-electron chi connectivity index (χ1n) is 9.16. The van der Waals surface area contributed by atoms with E-state index in [2.05, 4.69) is 32.1 Å². The molecule has 2 heterocycles. The van der Waals surface area contributed by atoms with Crippen LogP contribution in [0.3, 0.4) is 0 Å². The van der Waals surface area contributed by atoms with Gasteiger partial charge in [-0.1, -0.05) is 18.1 Å². The van der Waals surface area contributed by atoms with Crippen LogP contribution >= 0.6 is 0 Å². The van der Waals surface area contributed by atoms with E-state index in [0.29, 0.717) is 28.5 Å². The van der Waals surface area contributed by atoms with Crippen LogP contribution in [0.2, 0.25) is 0 Å². The Morgan fingerprint density at radius 3 is 2.83 bits per heavy atom. The second-order valence-electron chi connectivity index (χ2n) is 6.27. The van der Waals surface area contributed by atoms with E-state index >= 15 is 0 Å². The summed E-state index contributed by atoms with van der Waals surface area (Å²) in [4.78, 5) is 24.6. The number of benzene rings is 1. The number of anilines is 2. The van der Waals surface area contributed by atoms with Gasteiger partial charge in [0.05, 0.1) is 18.1 Å². The molecule has 0 radical (unpaired) electrons. The minimum absolute atomic E-state index is 0.0680. The van der Waals surface area contributed by atoms with Crippen LogP contribution in [-0.2, 0) is 13.0 Å². The van der Waals surface area contributed by atoms with Crippen LogP contribution in [-0.4, -0.2) is 27.3 Å². The van der Waals surface area contributed by atoms with E-state index in [-0.39, 0.29) is 36.9 Å². The Labute approximate surface area is 173 Å². The molecule has 0 amide bonds. The lowest BCUT2D eigenvalue weighted by Gasteiger charge is -2.10. The molecule has 0 bridgehead atoms. The monoisotopic (exact) mass is 405 g/mol. The molecule has 0 atom stereocenters. The van der Waals surface area contributed by atoms with E-state index in [1.54, 1.807) is 37.4 Å². The van der Waals surface area contributed by atoms with Crippen LogP contribution in [0.15, 0.2) is 48.9 Å². The number of ketones is 1. The number of rotatable bonds is 8. The Morgan fingerprint density at radius 2 is 2.10 bits per heavy atom. The average molecular weight is 405 g/mol. The molecule has 30 heavy (non-hydrogen) atoms. The molecule has 0 spiro atoms. The number of pyridine rings is 1. The minimum Gasteiger partial charge on any atom is -0.463 e. The topological polar surface area (TPSA) is 103 Å². The van der Waals surface area contributed by atoms with Crippen LogP contribution in [0.4, 0.5) is 15.9 Å². The summed E-state index contributed by atoms with van der Waals surface area (Å²) in [5.74, 6) is 5.47. The van der Waals surface area contributed by atoms with E-state index in [1.165, 1.54) is 18.5 Å². The van der Waals surface area contributed by atoms with Crippen molar-refractivity contribution in [1.82, 2.24) is 15.0 Å². The van der Waals surface area contributed by atoms with Crippen LogP contribution in [0.25, 0.3) is 0 Å². The van der Waals surface area contributed by atoms with Gasteiger partial charge in [-0.3, -0.25) is 4.79 Å². The summed E-state index contributed by atoms with van der Waals surface area (Å²) in [6, 6.07) is 8.04. The zero-order valence-electron chi connectivity index (χ0n) is 16.4. The van der Waals surface area contributed by atoms with Crippen molar-refractivity contribution in [3.05, 3.63) is 71.6 Å². The van der Waals surface area contributed by atoms with E-state index in [1.807, 2.05) is 0 Å². The third kappa shape index (κ3) is 5.52. The molecule has 0 saturated heterocycles. The molecule has 0 aliphatic rings. The predicted molar refractivity (Wildman–Crippen MR) is 111 cm³/mol. The molecule has 3 N–H and O–H groups in total. The lowest BCUT2D eigenvalue weighted by atomic mass is 10.0. The number of halogens is 1. The number of Topliss-reactive ketones (excluding diaryl/α,β-unsaturated/α-hetero) is 1. The normalized spacial score (nSPS) is 10.1. The smallest absolute Gasteiger partial charge is 0.233 e. The lowest BCUT2D eigenvalue weighted by Crippen LogP contribution is -2.09. The largest absolute Gasteiger partial charge is 0.463 e. The van der Waals surface area contributed by atoms with Crippen LogP contribution < -0.4 is 15.8 Å². The number of aromatic nitrogens is 3. The first kappa shape index (κ1) is 20.7. The van der Waals surface area contributed by atoms with Gasteiger partial charge in [0.25, 0.3) is 0 Å². The fraction of sp³-hybridized carbons (Fsp3) is 0.182. The van der Waals surface area contributed by atoms with Crippen molar-refractivity contribution in [1.29, 1.82) is 0 Å². The molecule has 2 aromatic heterocycles. The van der Waals surface area contributed by atoms with Gasteiger partial charge in [-0.15, -0.1) is 5.92 Å². The second-order valence-corrected chi connectivity index (χ2v) is 6.27. The quantitative estimate of drug-likeness (QED) is 0.439. The molecule has 0 aliphatic carbocycles. The van der Waals surface area contributed by atoms with Crippen molar-refractivity contribution in [2.24, 2.45) is 0 Å². The standard InChI is InChI=1S/C22H20FN5O2/c1-2-3-9-30-21-14-27-19(13-28-21)20(29)11-15-6-7-17(23)16(10-15)12-26-18-5-4-8-25-22(18)24/h4-8,10,13-14,26H,9,11-12H2,1H3,(H2,24,25). The molecule has 7 nitrogen and oxygen atoms in total. The van der Waals surface area contributed by atoms with Gasteiger partial charge in [0, 0.05) is 24.7 Å². The Kier molecular flexibility index (Phi) is 6.90. The van der Waals surface area contributed by atoms with Gasteiger partial charge < -0.3 is 15.8 Å². The van der Waals surface area contributed by atoms with Gasteiger partial charge in [0.1, 0.15) is 17.3 Å². The molecule has 152 valence electrons. The molecule has 3 rings (SSSR count). The summed E-state index contributed by atoms with van der Waals surface area (Å²) < 4.78 is 19.5. The van der Waals surface area contributed by atoms with Crippen LogP contribution in [0, 0.1) is 17.7 Å². The molecular weight excluding hydrogens is 385 g/mol. The highest BCUT2D eigenvalue weighted by atomic mass is 19.1. The summed E-state index contributed by atoms with van der Waals surface area (Å²) in [5.41, 5.74) is 7.68. The fourth-order valence-corrected chi connectivity index (χ4v) is 2.62. The number of nitrogens with zero attached hydrogens (tertiary/aromatic N) is 3. The molecule has 1 aromatic carbocycles. The maximum Gasteiger partial charge on any atom is 0.233 e. The summed E-state index contributed by atoms with van der Waals surface area (Å²) in [7, 11) is 0. The van der Waals surface area contributed by atoms with Crippen molar-refractivity contribution in [2.75, 3.05) is 17.7 Å². The number of hydrogen-bond donors (Lipinski definition) is 2. The first-order chi connectivity index (χ1) is 14.6.